The zero-order valence-electron chi connectivity index (χ0n) is 10.8. The van der Waals surface area contributed by atoms with E-state index in [-0.39, 0.29) is 18.7 Å². The third-order valence-electron chi connectivity index (χ3n) is 3.35. The molecular formula is C11H18N4O4. The summed E-state index contributed by atoms with van der Waals surface area (Å²) in [5, 5.41) is 2.72. The number of urea groups is 1. The van der Waals surface area contributed by atoms with Crippen LogP contribution in [0.2, 0.25) is 0 Å². The van der Waals surface area contributed by atoms with Gasteiger partial charge in [-0.1, -0.05) is 0 Å². The van der Waals surface area contributed by atoms with Gasteiger partial charge in [-0.25, -0.2) is 9.59 Å². The van der Waals surface area contributed by atoms with E-state index >= 15 is 0 Å². The maximum absolute atomic E-state index is 12.1. The molecule has 8 heteroatoms. The lowest BCUT2D eigenvalue weighted by Gasteiger charge is -2.37. The molecule has 2 rings (SSSR count). The lowest BCUT2D eigenvalue weighted by molar-refractivity contribution is -0.151. The minimum Gasteiger partial charge on any atom is -0.464 e. The van der Waals surface area contributed by atoms with Crippen LogP contribution < -0.4 is 11.1 Å². The number of nitrogens with zero attached hydrogens (tertiary/aromatic N) is 2. The molecule has 2 atom stereocenters. The van der Waals surface area contributed by atoms with Crippen LogP contribution in [0.4, 0.5) is 4.79 Å². The van der Waals surface area contributed by atoms with E-state index in [1.54, 1.807) is 11.8 Å². The molecule has 2 heterocycles. The summed E-state index contributed by atoms with van der Waals surface area (Å²) in [6.07, 6.45) is 0. The molecule has 0 spiro atoms. The Kier molecular flexibility index (Phi) is 3.89. The predicted molar refractivity (Wildman–Crippen MR) is 65.1 cm³/mol. The monoisotopic (exact) mass is 270 g/mol. The van der Waals surface area contributed by atoms with E-state index in [1.807, 2.05) is 0 Å². The van der Waals surface area contributed by atoms with Gasteiger partial charge in [0.15, 0.2) is 6.04 Å². The molecule has 0 aromatic carbocycles. The standard InChI is InChI=1S/C11H18N4O4/c1-2-19-10(17)8(12)9(16)14-3-4-15-7(6-14)5-13-11(15)18/h7-8H,2-6,12H2,1H3,(H,13,18). The predicted octanol–water partition coefficient (Wildman–Crippen LogP) is -1.89. The van der Waals surface area contributed by atoms with E-state index in [0.717, 1.165) is 0 Å². The van der Waals surface area contributed by atoms with Crippen LogP contribution in [0.25, 0.3) is 0 Å². The molecule has 2 fully saturated rings. The first-order chi connectivity index (χ1) is 9.04. The number of carbonyl (C=O) groups excluding carboxylic acids is 3. The molecule has 2 unspecified atom stereocenters. The number of nitrogens with one attached hydrogen (secondary N) is 1. The maximum atomic E-state index is 12.1. The molecule has 8 nitrogen and oxygen atoms in total. The number of ether oxygens (including phenoxy) is 1. The average Bonchev–Trinajstić information content (AvgIpc) is 2.78. The molecule has 0 radical (unpaired) electrons. The molecule has 19 heavy (non-hydrogen) atoms. The van der Waals surface area contributed by atoms with Crippen LogP contribution in [0.1, 0.15) is 6.92 Å². The second-order valence-electron chi connectivity index (χ2n) is 4.55. The highest BCUT2D eigenvalue weighted by Crippen LogP contribution is 2.14. The topological polar surface area (TPSA) is 105 Å². The third kappa shape index (κ3) is 2.62. The summed E-state index contributed by atoms with van der Waals surface area (Å²) in [4.78, 5) is 38.1. The van der Waals surface area contributed by atoms with Crippen LogP contribution in [0.5, 0.6) is 0 Å². The summed E-state index contributed by atoms with van der Waals surface area (Å²) in [5.74, 6) is -1.16. The van der Waals surface area contributed by atoms with Gasteiger partial charge in [0.2, 0.25) is 0 Å². The van der Waals surface area contributed by atoms with Gasteiger partial charge in [-0.3, -0.25) is 4.79 Å². The van der Waals surface area contributed by atoms with Crippen molar-refractivity contribution >= 4 is 17.9 Å². The van der Waals surface area contributed by atoms with Gasteiger partial charge >= 0.3 is 12.0 Å². The normalized spacial score (nSPS) is 23.7. The molecule has 2 aliphatic heterocycles. The van der Waals surface area contributed by atoms with Crippen LogP contribution in [-0.4, -0.2) is 72.6 Å². The minimum absolute atomic E-state index is 0.0420. The Labute approximate surface area is 110 Å². The first-order valence-corrected chi connectivity index (χ1v) is 6.30. The number of hydrogen-bond acceptors (Lipinski definition) is 5. The fourth-order valence-electron chi connectivity index (χ4n) is 2.33. The highest BCUT2D eigenvalue weighted by Gasteiger charge is 2.39. The number of carbonyl (C=O) groups is 3. The Balaban J connectivity index is 1.94. The van der Waals surface area contributed by atoms with Gasteiger partial charge in [-0.2, -0.15) is 0 Å². The van der Waals surface area contributed by atoms with Crippen molar-refractivity contribution in [3.63, 3.8) is 0 Å². The Morgan fingerprint density at radius 2 is 2.26 bits per heavy atom. The van der Waals surface area contributed by atoms with E-state index in [9.17, 15) is 14.4 Å². The van der Waals surface area contributed by atoms with Crippen molar-refractivity contribution < 1.29 is 19.1 Å². The van der Waals surface area contributed by atoms with Crippen molar-refractivity contribution in [1.82, 2.24) is 15.1 Å². The Hall–Kier alpha value is -1.83. The van der Waals surface area contributed by atoms with Crippen LogP contribution in [0, 0.1) is 0 Å². The van der Waals surface area contributed by atoms with Crippen molar-refractivity contribution in [2.24, 2.45) is 5.73 Å². The lowest BCUT2D eigenvalue weighted by atomic mass is 10.1. The van der Waals surface area contributed by atoms with Gasteiger partial charge in [-0.15, -0.1) is 0 Å². The Morgan fingerprint density at radius 3 is 2.95 bits per heavy atom. The first-order valence-electron chi connectivity index (χ1n) is 6.30. The van der Waals surface area contributed by atoms with Crippen molar-refractivity contribution in [2.45, 2.75) is 19.0 Å². The molecule has 2 aliphatic rings. The lowest BCUT2D eigenvalue weighted by Crippen LogP contribution is -2.58. The zero-order chi connectivity index (χ0) is 14.0. The van der Waals surface area contributed by atoms with Crippen molar-refractivity contribution in [2.75, 3.05) is 32.8 Å². The molecule has 106 valence electrons. The quantitative estimate of drug-likeness (QED) is 0.461. The van der Waals surface area contributed by atoms with Gasteiger partial charge in [0, 0.05) is 26.2 Å². The Morgan fingerprint density at radius 1 is 1.53 bits per heavy atom. The van der Waals surface area contributed by atoms with Crippen LogP contribution in [0.3, 0.4) is 0 Å². The van der Waals surface area contributed by atoms with Crippen molar-refractivity contribution in [3.05, 3.63) is 0 Å². The molecule has 0 aliphatic carbocycles. The van der Waals surface area contributed by atoms with Crippen LogP contribution in [0.15, 0.2) is 0 Å². The molecule has 0 saturated carbocycles. The van der Waals surface area contributed by atoms with E-state index in [4.69, 9.17) is 10.5 Å². The number of amides is 3. The van der Waals surface area contributed by atoms with E-state index < -0.39 is 17.9 Å². The van der Waals surface area contributed by atoms with E-state index in [2.05, 4.69) is 5.32 Å². The number of fused-ring (bicyclic) bond motifs is 1. The fourth-order valence-corrected chi connectivity index (χ4v) is 2.33. The van der Waals surface area contributed by atoms with E-state index in [0.29, 0.717) is 26.2 Å². The molecule has 0 aromatic rings. The zero-order valence-corrected chi connectivity index (χ0v) is 10.8. The van der Waals surface area contributed by atoms with Crippen molar-refractivity contribution in [3.8, 4) is 0 Å². The van der Waals surface area contributed by atoms with Gasteiger partial charge < -0.3 is 25.6 Å². The first kappa shape index (κ1) is 13.6. The molecule has 3 N–H and O–H groups in total. The fraction of sp³-hybridized carbons (Fsp3) is 0.727. The third-order valence-corrected chi connectivity index (χ3v) is 3.35. The summed E-state index contributed by atoms with van der Waals surface area (Å²) < 4.78 is 4.73. The molecule has 3 amide bonds. The van der Waals surface area contributed by atoms with Crippen LogP contribution in [-0.2, 0) is 14.3 Å². The molecular weight excluding hydrogens is 252 g/mol. The molecule has 2 saturated heterocycles. The summed E-state index contributed by atoms with van der Waals surface area (Å²) in [6.45, 7) is 3.59. The molecule has 0 aromatic heterocycles. The number of piperazine rings is 1. The second-order valence-corrected chi connectivity index (χ2v) is 4.55. The minimum atomic E-state index is -1.28. The van der Waals surface area contributed by atoms with E-state index in [1.165, 1.54) is 4.90 Å². The summed E-state index contributed by atoms with van der Waals surface area (Å²) in [5.41, 5.74) is 5.58. The Bertz CT molecular complexity index is 400. The summed E-state index contributed by atoms with van der Waals surface area (Å²) in [7, 11) is 0. The molecule has 0 bridgehead atoms. The van der Waals surface area contributed by atoms with Crippen molar-refractivity contribution in [1.29, 1.82) is 0 Å². The number of esters is 1. The van der Waals surface area contributed by atoms with Crippen LogP contribution >= 0.6 is 0 Å². The number of rotatable bonds is 3. The van der Waals surface area contributed by atoms with Gasteiger partial charge in [0.25, 0.3) is 5.91 Å². The van der Waals surface area contributed by atoms with Gasteiger partial charge in [0.1, 0.15) is 0 Å². The maximum Gasteiger partial charge on any atom is 0.332 e. The SMILES string of the molecule is CCOC(=O)C(N)C(=O)N1CCN2C(=O)NCC2C1. The van der Waals surface area contributed by atoms with Gasteiger partial charge in [-0.05, 0) is 6.92 Å². The largest absolute Gasteiger partial charge is 0.464 e. The van der Waals surface area contributed by atoms with Gasteiger partial charge in [0.05, 0.1) is 12.6 Å². The highest BCUT2D eigenvalue weighted by atomic mass is 16.5. The second kappa shape index (κ2) is 5.43. The number of nitrogens with two attached hydrogens (primary N) is 1. The smallest absolute Gasteiger partial charge is 0.332 e. The summed E-state index contributed by atoms with van der Waals surface area (Å²) in [6, 6.07) is -1.43. The summed E-state index contributed by atoms with van der Waals surface area (Å²) >= 11 is 0. The average molecular weight is 270 g/mol. The highest BCUT2D eigenvalue weighted by molar-refractivity contribution is 6.01. The number of hydrogen-bond donors (Lipinski definition) is 2.